The number of hydrogen-bond donors (Lipinski definition) is 0. The molecule has 0 spiro atoms. The van der Waals surface area contributed by atoms with Gasteiger partial charge in [-0.3, -0.25) is 25.0 Å². The first-order valence-corrected chi connectivity index (χ1v) is 5.07. The highest BCUT2D eigenvalue weighted by molar-refractivity contribution is 6.68. The summed E-state index contributed by atoms with van der Waals surface area (Å²) in [4.78, 5) is 30.1. The Hall–Kier alpha value is -1.93. The quantitative estimate of drug-likeness (QED) is 0.356. The van der Waals surface area contributed by atoms with E-state index < -0.39 is 32.0 Å². The van der Waals surface area contributed by atoms with Gasteiger partial charge in [-0.25, -0.2) is 0 Å². The minimum absolute atomic E-state index is 0.389. The van der Waals surface area contributed by atoms with E-state index in [0.29, 0.717) is 6.07 Å². The second-order valence-corrected chi connectivity index (χ2v) is 3.67. The van der Waals surface area contributed by atoms with Gasteiger partial charge in [0.2, 0.25) is 5.56 Å². The van der Waals surface area contributed by atoms with Gasteiger partial charge in [-0.1, -0.05) is 11.6 Å². The number of non-ortho nitro benzene ring substituents is 1. The van der Waals surface area contributed by atoms with Crippen molar-refractivity contribution >= 4 is 39.8 Å². The minimum atomic E-state index is -1.62. The maximum atomic E-state index is 10.7. The fourth-order valence-electron chi connectivity index (χ4n) is 1.02. The molecule has 1 atom stereocenters. The first-order chi connectivity index (χ1) is 8.32. The third-order valence-corrected chi connectivity index (χ3v) is 2.36. The average Bonchev–Trinajstić information content (AvgIpc) is 2.28. The number of benzene rings is 1. The molecule has 0 saturated heterocycles. The van der Waals surface area contributed by atoms with Gasteiger partial charge in [0.25, 0.3) is 10.9 Å². The van der Waals surface area contributed by atoms with E-state index in [4.69, 9.17) is 27.9 Å². The van der Waals surface area contributed by atoms with Crippen LogP contribution in [0.4, 0.5) is 11.4 Å². The normalized spacial score (nSPS) is 11.7. The van der Waals surface area contributed by atoms with Gasteiger partial charge in [0.05, 0.1) is 15.9 Å². The maximum absolute atomic E-state index is 10.7. The summed E-state index contributed by atoms with van der Waals surface area (Å²) in [5.74, 6) is -0.389. The Morgan fingerprint density at radius 1 is 1.28 bits per heavy atom. The Morgan fingerprint density at radius 2 is 1.89 bits per heavy atom. The average molecular weight is 295 g/mol. The van der Waals surface area contributed by atoms with Crippen LogP contribution in [0, 0.1) is 20.2 Å². The predicted octanol–water partition coefficient (Wildman–Crippen LogP) is 2.21. The van der Waals surface area contributed by atoms with Crippen LogP contribution in [0.5, 0.6) is 5.75 Å². The summed E-state index contributed by atoms with van der Waals surface area (Å²) >= 11 is 10.4. The van der Waals surface area contributed by atoms with Crippen LogP contribution in [0.2, 0.25) is 0 Å². The van der Waals surface area contributed by atoms with Crippen LogP contribution in [0.1, 0.15) is 0 Å². The molecule has 0 fully saturated rings. The summed E-state index contributed by atoms with van der Waals surface area (Å²) < 4.78 is 4.72. The van der Waals surface area contributed by atoms with E-state index in [1.165, 1.54) is 0 Å². The predicted molar refractivity (Wildman–Crippen MR) is 60.9 cm³/mol. The van der Waals surface area contributed by atoms with Crippen LogP contribution in [-0.2, 0) is 4.79 Å². The van der Waals surface area contributed by atoms with Crippen molar-refractivity contribution in [1.29, 1.82) is 0 Å². The van der Waals surface area contributed by atoms with E-state index in [1.807, 2.05) is 0 Å². The third kappa shape index (κ3) is 3.28. The van der Waals surface area contributed by atoms with Crippen LogP contribution < -0.4 is 4.74 Å². The minimum Gasteiger partial charge on any atom is -0.459 e. The smallest absolute Gasteiger partial charge is 0.317 e. The number of carbonyl (C=O) groups is 1. The van der Waals surface area contributed by atoms with E-state index in [1.54, 1.807) is 0 Å². The Morgan fingerprint density at radius 3 is 2.33 bits per heavy atom. The monoisotopic (exact) mass is 294 g/mol. The molecule has 0 bridgehead atoms. The van der Waals surface area contributed by atoms with Crippen molar-refractivity contribution < 1.29 is 19.4 Å². The molecule has 0 aliphatic carbocycles. The molecule has 1 unspecified atom stereocenters. The topological polar surface area (TPSA) is 113 Å². The van der Waals surface area contributed by atoms with Gasteiger partial charge in [0.1, 0.15) is 0 Å². The molecular formula is C8H4Cl2N2O6. The van der Waals surface area contributed by atoms with E-state index in [-0.39, 0.29) is 5.75 Å². The van der Waals surface area contributed by atoms with E-state index in [0.717, 1.165) is 12.1 Å². The molecule has 96 valence electrons. The number of nitrogens with zero attached hydrogens (tertiary/aromatic N) is 2. The summed E-state index contributed by atoms with van der Waals surface area (Å²) in [7, 11) is 0. The summed E-state index contributed by atoms with van der Waals surface area (Å²) in [6.45, 7) is 0. The van der Waals surface area contributed by atoms with Crippen molar-refractivity contribution in [1.82, 2.24) is 0 Å². The summed E-state index contributed by atoms with van der Waals surface area (Å²) in [6, 6.07) is 2.63. The molecule has 0 aromatic heterocycles. The lowest BCUT2D eigenvalue weighted by atomic mass is 10.2. The van der Waals surface area contributed by atoms with Crippen molar-refractivity contribution in [3.63, 3.8) is 0 Å². The number of nitro groups is 2. The van der Waals surface area contributed by atoms with Gasteiger partial charge >= 0.3 is 5.69 Å². The van der Waals surface area contributed by atoms with Crippen molar-refractivity contribution in [2.24, 2.45) is 0 Å². The molecule has 0 aliphatic rings. The molecule has 18 heavy (non-hydrogen) atoms. The highest BCUT2D eigenvalue weighted by atomic mass is 35.5. The zero-order chi connectivity index (χ0) is 13.9. The Kier molecular flexibility index (Phi) is 4.40. The molecule has 0 amide bonds. The molecule has 0 aliphatic heterocycles. The molecule has 8 nitrogen and oxygen atoms in total. The molecular weight excluding hydrogens is 291 g/mol. The molecule has 0 heterocycles. The second-order valence-electron chi connectivity index (χ2n) is 2.90. The van der Waals surface area contributed by atoms with Gasteiger partial charge < -0.3 is 4.74 Å². The van der Waals surface area contributed by atoms with Crippen LogP contribution in [-0.4, -0.2) is 20.7 Å². The van der Waals surface area contributed by atoms with Crippen LogP contribution in [0.25, 0.3) is 0 Å². The zero-order valence-corrected chi connectivity index (χ0v) is 9.92. The summed E-state index contributed by atoms with van der Waals surface area (Å²) in [5.41, 5.74) is -2.79. The summed E-state index contributed by atoms with van der Waals surface area (Å²) in [5, 5.41) is 20.1. The van der Waals surface area contributed by atoms with Crippen LogP contribution in [0.15, 0.2) is 18.2 Å². The maximum Gasteiger partial charge on any atom is 0.317 e. The molecule has 1 aromatic rings. The first-order valence-electron chi connectivity index (χ1n) is 4.26. The van der Waals surface area contributed by atoms with E-state index in [9.17, 15) is 25.0 Å². The number of halogens is 2. The van der Waals surface area contributed by atoms with E-state index in [2.05, 4.69) is 0 Å². The van der Waals surface area contributed by atoms with Gasteiger partial charge in [-0.05, 0) is 17.7 Å². The SMILES string of the molecule is O=C(Cl)C(Cl)Oc1ccc([N+](=O)[O-])cc1[N+](=O)[O-]. The third-order valence-electron chi connectivity index (χ3n) is 1.76. The van der Waals surface area contributed by atoms with Crippen LogP contribution >= 0.6 is 23.2 Å². The number of ether oxygens (including phenoxy) is 1. The molecule has 0 radical (unpaired) electrons. The number of hydrogen-bond acceptors (Lipinski definition) is 6. The Labute approximate surface area is 109 Å². The highest BCUT2D eigenvalue weighted by Gasteiger charge is 2.24. The number of nitro benzene ring substituents is 2. The van der Waals surface area contributed by atoms with Crippen molar-refractivity contribution in [2.75, 3.05) is 0 Å². The van der Waals surface area contributed by atoms with Crippen LogP contribution in [0.3, 0.4) is 0 Å². The lowest BCUT2D eigenvalue weighted by Gasteiger charge is -2.08. The fraction of sp³-hybridized carbons (Fsp3) is 0.125. The van der Waals surface area contributed by atoms with Gasteiger partial charge in [0.15, 0.2) is 5.75 Å². The Bertz CT molecular complexity index is 520. The molecule has 10 heteroatoms. The number of rotatable bonds is 5. The lowest BCUT2D eigenvalue weighted by Crippen LogP contribution is -2.16. The Balaban J connectivity index is 3.16. The largest absolute Gasteiger partial charge is 0.459 e. The second kappa shape index (κ2) is 5.61. The molecule has 0 N–H and O–H groups in total. The molecule has 1 aromatic carbocycles. The highest BCUT2D eigenvalue weighted by Crippen LogP contribution is 2.32. The summed E-state index contributed by atoms with van der Waals surface area (Å²) in [6.07, 6.45) is 0. The van der Waals surface area contributed by atoms with Crippen molar-refractivity contribution in [2.45, 2.75) is 5.56 Å². The first kappa shape index (κ1) is 14.1. The number of alkyl halides is 1. The zero-order valence-electron chi connectivity index (χ0n) is 8.41. The lowest BCUT2D eigenvalue weighted by molar-refractivity contribution is -0.394. The molecule has 1 rings (SSSR count). The van der Waals surface area contributed by atoms with Gasteiger partial charge in [0, 0.05) is 6.07 Å². The standard InChI is InChI=1S/C8H4Cl2N2O6/c9-7(13)8(10)18-6-2-1-4(11(14)15)3-5(6)12(16)17/h1-3,8H. The number of carbonyl (C=O) groups excluding carboxylic acids is 1. The van der Waals surface area contributed by atoms with Crippen molar-refractivity contribution in [3.05, 3.63) is 38.4 Å². The van der Waals surface area contributed by atoms with Crippen molar-refractivity contribution in [3.8, 4) is 5.75 Å². The van der Waals surface area contributed by atoms with Gasteiger partial charge in [-0.15, -0.1) is 0 Å². The molecule has 0 saturated carbocycles. The van der Waals surface area contributed by atoms with Gasteiger partial charge in [-0.2, -0.15) is 0 Å². The fourth-order valence-corrected chi connectivity index (χ4v) is 1.16. The van der Waals surface area contributed by atoms with E-state index >= 15 is 0 Å².